The van der Waals surface area contributed by atoms with Gasteiger partial charge in [-0.3, -0.25) is 4.90 Å². The highest BCUT2D eigenvalue weighted by molar-refractivity contribution is 4.90. The quantitative estimate of drug-likeness (QED) is 0.792. The largest absolute Gasteiger partial charge is 0.306 e. The molecule has 2 rings (SSSR count). The molecule has 2 aliphatic rings. The molecule has 0 aromatic rings. The molecular formula is C18H37N3. The molecule has 0 N–H and O–H groups in total. The number of hydrogen-bond acceptors (Lipinski definition) is 3. The third-order valence-corrected chi connectivity index (χ3v) is 5.97. The number of nitrogens with zero attached hydrogens (tertiary/aromatic N) is 3. The predicted molar refractivity (Wildman–Crippen MR) is 91.8 cm³/mol. The molecule has 1 heterocycles. The van der Waals surface area contributed by atoms with Gasteiger partial charge in [-0.25, -0.2) is 0 Å². The number of rotatable bonds is 3. The van der Waals surface area contributed by atoms with Crippen LogP contribution < -0.4 is 0 Å². The molecule has 0 aromatic heterocycles. The van der Waals surface area contributed by atoms with E-state index in [-0.39, 0.29) is 0 Å². The van der Waals surface area contributed by atoms with Crippen LogP contribution in [0.15, 0.2) is 0 Å². The summed E-state index contributed by atoms with van der Waals surface area (Å²) in [5.41, 5.74) is 0.296. The highest BCUT2D eigenvalue weighted by atomic mass is 15.2. The van der Waals surface area contributed by atoms with Crippen molar-refractivity contribution in [2.45, 2.75) is 83.0 Å². The normalized spacial score (nSPS) is 30.3. The highest BCUT2D eigenvalue weighted by Crippen LogP contribution is 2.31. The average Bonchev–Trinajstić information content (AvgIpc) is 2.45. The van der Waals surface area contributed by atoms with Gasteiger partial charge in [0.15, 0.2) is 0 Å². The van der Waals surface area contributed by atoms with Crippen LogP contribution in [0.1, 0.15) is 59.3 Å². The van der Waals surface area contributed by atoms with E-state index in [2.05, 4.69) is 56.6 Å². The van der Waals surface area contributed by atoms with Crippen molar-refractivity contribution in [3.8, 4) is 0 Å². The maximum absolute atomic E-state index is 2.79. The lowest BCUT2D eigenvalue weighted by Gasteiger charge is -2.46. The molecule has 0 bridgehead atoms. The molecular weight excluding hydrogens is 258 g/mol. The highest BCUT2D eigenvalue weighted by Gasteiger charge is 2.34. The standard InChI is InChI=1S/C18H37N3/c1-18(2,3)20(6)16-8-7-9-17(14-16)21-12-10-15(11-13-21)19(4)5/h15-17H,7-14H2,1-6H3/t16-,17+/m0/s1. The fourth-order valence-electron chi connectivity index (χ4n) is 4.14. The summed E-state index contributed by atoms with van der Waals surface area (Å²) in [7, 11) is 6.79. The first-order valence-electron chi connectivity index (χ1n) is 8.92. The van der Waals surface area contributed by atoms with Gasteiger partial charge in [0.1, 0.15) is 0 Å². The molecule has 2 atom stereocenters. The van der Waals surface area contributed by atoms with Crippen molar-refractivity contribution in [3.05, 3.63) is 0 Å². The summed E-state index contributed by atoms with van der Waals surface area (Å²) in [6.07, 6.45) is 8.29. The van der Waals surface area contributed by atoms with Gasteiger partial charge in [-0.2, -0.15) is 0 Å². The maximum Gasteiger partial charge on any atom is 0.0124 e. The smallest absolute Gasteiger partial charge is 0.0124 e. The third-order valence-electron chi connectivity index (χ3n) is 5.97. The van der Waals surface area contributed by atoms with E-state index in [1.54, 1.807) is 0 Å². The van der Waals surface area contributed by atoms with Crippen LogP contribution >= 0.6 is 0 Å². The molecule has 124 valence electrons. The van der Waals surface area contributed by atoms with E-state index in [0.29, 0.717) is 5.54 Å². The van der Waals surface area contributed by atoms with Crippen molar-refractivity contribution >= 4 is 0 Å². The Balaban J connectivity index is 1.87. The Morgan fingerprint density at radius 3 is 2.00 bits per heavy atom. The van der Waals surface area contributed by atoms with Gasteiger partial charge >= 0.3 is 0 Å². The third kappa shape index (κ3) is 4.43. The summed E-state index contributed by atoms with van der Waals surface area (Å²) in [6, 6.07) is 2.41. The van der Waals surface area contributed by atoms with Gasteiger partial charge in [-0.15, -0.1) is 0 Å². The van der Waals surface area contributed by atoms with Crippen molar-refractivity contribution < 1.29 is 0 Å². The van der Waals surface area contributed by atoms with Gasteiger partial charge in [0, 0.05) is 23.7 Å². The van der Waals surface area contributed by atoms with E-state index in [0.717, 1.165) is 18.1 Å². The van der Waals surface area contributed by atoms with E-state index < -0.39 is 0 Å². The molecule has 3 nitrogen and oxygen atoms in total. The second kappa shape index (κ2) is 6.97. The Hall–Kier alpha value is -0.120. The second-order valence-corrected chi connectivity index (χ2v) is 8.49. The zero-order chi connectivity index (χ0) is 15.6. The van der Waals surface area contributed by atoms with Crippen molar-refractivity contribution in [2.24, 2.45) is 0 Å². The average molecular weight is 296 g/mol. The molecule has 1 saturated heterocycles. The van der Waals surface area contributed by atoms with Gasteiger partial charge in [-0.1, -0.05) is 6.42 Å². The number of piperidine rings is 1. The van der Waals surface area contributed by atoms with Crippen LogP contribution in [0.2, 0.25) is 0 Å². The molecule has 3 heteroatoms. The van der Waals surface area contributed by atoms with Gasteiger partial charge in [0.05, 0.1) is 0 Å². The summed E-state index contributed by atoms with van der Waals surface area (Å²) in [5.74, 6) is 0. The van der Waals surface area contributed by atoms with Gasteiger partial charge < -0.3 is 9.80 Å². The minimum atomic E-state index is 0.296. The molecule has 1 aliphatic heterocycles. The SMILES string of the molecule is CN(C)C1CCN([C@@H]2CCC[C@H](N(C)C(C)(C)C)C2)CC1. The topological polar surface area (TPSA) is 9.72 Å². The Morgan fingerprint density at radius 2 is 1.48 bits per heavy atom. The number of likely N-dealkylation sites (tertiary alicyclic amines) is 1. The van der Waals surface area contributed by atoms with Crippen molar-refractivity contribution in [1.82, 2.24) is 14.7 Å². The van der Waals surface area contributed by atoms with Crippen LogP contribution in [-0.2, 0) is 0 Å². The Kier molecular flexibility index (Phi) is 5.72. The first-order valence-corrected chi connectivity index (χ1v) is 8.92. The van der Waals surface area contributed by atoms with Crippen LogP contribution in [0, 0.1) is 0 Å². The summed E-state index contributed by atoms with van der Waals surface area (Å²) in [6.45, 7) is 9.65. The zero-order valence-corrected chi connectivity index (χ0v) is 15.2. The minimum Gasteiger partial charge on any atom is -0.306 e. The predicted octanol–water partition coefficient (Wildman–Crippen LogP) is 3.05. The van der Waals surface area contributed by atoms with E-state index in [4.69, 9.17) is 0 Å². The summed E-state index contributed by atoms with van der Waals surface area (Å²) >= 11 is 0. The van der Waals surface area contributed by atoms with E-state index >= 15 is 0 Å². The minimum absolute atomic E-state index is 0.296. The molecule has 1 aliphatic carbocycles. The van der Waals surface area contributed by atoms with Crippen LogP contribution in [0.3, 0.4) is 0 Å². The van der Waals surface area contributed by atoms with Crippen molar-refractivity contribution in [3.63, 3.8) is 0 Å². The summed E-state index contributed by atoms with van der Waals surface area (Å²) < 4.78 is 0. The van der Waals surface area contributed by atoms with E-state index in [1.807, 2.05) is 0 Å². The summed E-state index contributed by atoms with van der Waals surface area (Å²) in [5, 5.41) is 0. The maximum atomic E-state index is 2.79. The lowest BCUT2D eigenvalue weighted by atomic mass is 9.86. The molecule has 0 amide bonds. The van der Waals surface area contributed by atoms with Crippen LogP contribution in [0.25, 0.3) is 0 Å². The molecule has 1 saturated carbocycles. The van der Waals surface area contributed by atoms with Gasteiger partial charge in [-0.05, 0) is 87.1 Å². The summed E-state index contributed by atoms with van der Waals surface area (Å²) in [4.78, 5) is 7.82. The molecule has 21 heavy (non-hydrogen) atoms. The van der Waals surface area contributed by atoms with Crippen molar-refractivity contribution in [1.29, 1.82) is 0 Å². The van der Waals surface area contributed by atoms with Crippen LogP contribution in [-0.4, -0.2) is 72.6 Å². The van der Waals surface area contributed by atoms with Crippen LogP contribution in [0.4, 0.5) is 0 Å². The lowest BCUT2D eigenvalue weighted by Crippen LogP contribution is -2.52. The molecule has 0 radical (unpaired) electrons. The number of hydrogen-bond donors (Lipinski definition) is 0. The zero-order valence-electron chi connectivity index (χ0n) is 15.2. The first kappa shape index (κ1) is 17.2. The fraction of sp³-hybridized carbons (Fsp3) is 1.00. The molecule has 0 unspecified atom stereocenters. The Labute approximate surface area is 132 Å². The van der Waals surface area contributed by atoms with E-state index in [9.17, 15) is 0 Å². The molecule has 2 fully saturated rings. The fourth-order valence-corrected chi connectivity index (χ4v) is 4.14. The Bertz CT molecular complexity index is 313. The second-order valence-electron chi connectivity index (χ2n) is 8.49. The van der Waals surface area contributed by atoms with Gasteiger partial charge in [0.25, 0.3) is 0 Å². The monoisotopic (exact) mass is 295 g/mol. The first-order chi connectivity index (χ1) is 9.79. The Morgan fingerprint density at radius 1 is 0.857 bits per heavy atom. The van der Waals surface area contributed by atoms with E-state index in [1.165, 1.54) is 51.6 Å². The molecule has 0 spiro atoms. The molecule has 0 aromatic carbocycles. The van der Waals surface area contributed by atoms with Crippen LogP contribution in [0.5, 0.6) is 0 Å². The van der Waals surface area contributed by atoms with Crippen molar-refractivity contribution in [2.75, 3.05) is 34.2 Å². The van der Waals surface area contributed by atoms with Gasteiger partial charge in [0.2, 0.25) is 0 Å². The lowest BCUT2D eigenvalue weighted by molar-refractivity contribution is 0.0344.